The minimum absolute atomic E-state index is 0.340. The van der Waals surface area contributed by atoms with Crippen LogP contribution >= 0.6 is 0 Å². The highest BCUT2D eigenvalue weighted by molar-refractivity contribution is 5.83. The lowest BCUT2D eigenvalue weighted by molar-refractivity contribution is -0.130. The lowest BCUT2D eigenvalue weighted by Crippen LogP contribution is -2.39. The molecule has 0 aromatic rings. The molecule has 0 spiro atoms. The molecule has 0 aromatic heterocycles. The molecule has 0 heterocycles. The van der Waals surface area contributed by atoms with Gasteiger partial charge in [-0.25, -0.2) is 0 Å². The van der Waals surface area contributed by atoms with Gasteiger partial charge in [-0.15, -0.1) is 13.2 Å². The van der Waals surface area contributed by atoms with Crippen molar-refractivity contribution in [3.63, 3.8) is 0 Å². The number of Topliss-reactive ketones (excluding diaryl/α,β-unsaturated/α-hetero) is 1. The topological polar surface area (TPSA) is 17.1 Å². The van der Waals surface area contributed by atoms with Crippen LogP contribution in [0.2, 0.25) is 0 Å². The van der Waals surface area contributed by atoms with Gasteiger partial charge in [-0.05, 0) is 48.9 Å². The normalized spacial score (nSPS) is 33.3. The number of rotatable bonds is 5. The third-order valence-corrected chi connectivity index (χ3v) is 6.06. The van der Waals surface area contributed by atoms with E-state index in [9.17, 15) is 4.79 Å². The van der Waals surface area contributed by atoms with Crippen molar-refractivity contribution < 1.29 is 4.79 Å². The maximum Gasteiger partial charge on any atom is 0.136 e. The van der Waals surface area contributed by atoms with Gasteiger partial charge in [-0.2, -0.15) is 0 Å². The smallest absolute Gasteiger partial charge is 0.136 e. The zero-order valence-electron chi connectivity index (χ0n) is 14.8. The monoisotopic (exact) mass is 292 g/mol. The van der Waals surface area contributed by atoms with Crippen molar-refractivity contribution in [2.75, 3.05) is 0 Å². The Hall–Kier alpha value is -0.590. The molecule has 2 rings (SSSR count). The first-order valence-electron chi connectivity index (χ1n) is 8.98. The van der Waals surface area contributed by atoms with E-state index in [1.165, 1.54) is 38.5 Å². The third kappa shape index (κ3) is 4.20. The molecule has 0 bridgehead atoms. The summed E-state index contributed by atoms with van der Waals surface area (Å²) in [7, 11) is 0. The molecule has 0 aromatic carbocycles. The second kappa shape index (κ2) is 8.15. The molecule has 2 saturated carbocycles. The Morgan fingerprint density at radius 3 is 2.48 bits per heavy atom. The standard InChI is InChI=1S/C18H32O.C2H4/c1-13(2)7-5-8-14(3)15-10-11-16-17(19)9-6-12-18(15,16)4;1-2/h13-16H,5-12H2,1-4H3;1-2H2. The summed E-state index contributed by atoms with van der Waals surface area (Å²) in [5.41, 5.74) is 0.340. The summed E-state index contributed by atoms with van der Waals surface area (Å²) >= 11 is 0. The summed E-state index contributed by atoms with van der Waals surface area (Å²) in [4.78, 5) is 12.2. The summed E-state index contributed by atoms with van der Waals surface area (Å²) in [6.07, 6.45) is 9.85. The molecular weight excluding hydrogens is 256 g/mol. The number of hydrogen-bond acceptors (Lipinski definition) is 1. The molecule has 2 fully saturated rings. The van der Waals surface area contributed by atoms with E-state index in [0.29, 0.717) is 17.1 Å². The van der Waals surface area contributed by atoms with Gasteiger partial charge in [-0.1, -0.05) is 47.0 Å². The third-order valence-electron chi connectivity index (χ3n) is 6.06. The van der Waals surface area contributed by atoms with Gasteiger partial charge in [0, 0.05) is 12.3 Å². The van der Waals surface area contributed by atoms with Crippen LogP contribution in [-0.2, 0) is 4.79 Å². The fraction of sp³-hybridized carbons (Fsp3) is 0.850. The fourth-order valence-electron chi connectivity index (χ4n) is 4.95. The molecule has 0 N–H and O–H groups in total. The average Bonchev–Trinajstić information content (AvgIpc) is 2.79. The zero-order chi connectivity index (χ0) is 16.0. The van der Waals surface area contributed by atoms with Crippen LogP contribution in [-0.4, -0.2) is 5.78 Å². The van der Waals surface area contributed by atoms with E-state index in [4.69, 9.17) is 0 Å². The minimum Gasteiger partial charge on any atom is -0.299 e. The molecule has 21 heavy (non-hydrogen) atoms. The highest BCUT2D eigenvalue weighted by Crippen LogP contribution is 2.57. The van der Waals surface area contributed by atoms with Gasteiger partial charge in [-0.3, -0.25) is 4.79 Å². The van der Waals surface area contributed by atoms with Crippen LogP contribution in [0.4, 0.5) is 0 Å². The molecule has 1 nitrogen and oxygen atoms in total. The summed E-state index contributed by atoms with van der Waals surface area (Å²) in [6, 6.07) is 0. The second-order valence-electron chi connectivity index (χ2n) is 7.86. The maximum atomic E-state index is 12.2. The fourth-order valence-corrected chi connectivity index (χ4v) is 4.95. The molecule has 0 saturated heterocycles. The van der Waals surface area contributed by atoms with Gasteiger partial charge in [0.1, 0.15) is 5.78 Å². The van der Waals surface area contributed by atoms with Crippen molar-refractivity contribution in [2.45, 2.75) is 79.1 Å². The van der Waals surface area contributed by atoms with E-state index >= 15 is 0 Å². The maximum absolute atomic E-state index is 12.2. The first kappa shape index (κ1) is 18.5. The Morgan fingerprint density at radius 1 is 1.19 bits per heavy atom. The Labute approximate surface area is 132 Å². The molecule has 4 unspecified atom stereocenters. The average molecular weight is 293 g/mol. The van der Waals surface area contributed by atoms with E-state index in [1.807, 2.05) is 0 Å². The van der Waals surface area contributed by atoms with Crippen LogP contribution < -0.4 is 0 Å². The molecule has 122 valence electrons. The Bertz CT molecular complexity index is 333. The molecular formula is C20H36O. The molecule has 1 heteroatoms. The predicted octanol–water partition coefficient (Wildman–Crippen LogP) is 6.04. The summed E-state index contributed by atoms with van der Waals surface area (Å²) < 4.78 is 0. The Balaban J connectivity index is 0.00000106. The number of ketones is 1. The molecule has 2 aliphatic rings. The highest BCUT2D eigenvalue weighted by atomic mass is 16.1. The molecule has 0 radical (unpaired) electrons. The van der Waals surface area contributed by atoms with Crippen LogP contribution in [0.1, 0.15) is 79.1 Å². The quantitative estimate of drug-likeness (QED) is 0.565. The second-order valence-corrected chi connectivity index (χ2v) is 7.86. The van der Waals surface area contributed by atoms with Crippen molar-refractivity contribution in [1.29, 1.82) is 0 Å². The number of fused-ring (bicyclic) bond motifs is 1. The summed E-state index contributed by atoms with van der Waals surface area (Å²) in [6.45, 7) is 15.5. The molecule has 0 aliphatic heterocycles. The zero-order valence-corrected chi connectivity index (χ0v) is 14.8. The molecule has 0 amide bonds. The number of carbonyl (C=O) groups is 1. The van der Waals surface area contributed by atoms with Crippen molar-refractivity contribution in [3.8, 4) is 0 Å². The van der Waals surface area contributed by atoms with Crippen LogP contribution in [0.3, 0.4) is 0 Å². The first-order valence-corrected chi connectivity index (χ1v) is 8.98. The molecule has 4 atom stereocenters. The van der Waals surface area contributed by atoms with Crippen LogP contribution in [0.25, 0.3) is 0 Å². The van der Waals surface area contributed by atoms with E-state index < -0.39 is 0 Å². The van der Waals surface area contributed by atoms with Gasteiger partial charge in [0.2, 0.25) is 0 Å². The minimum atomic E-state index is 0.340. The van der Waals surface area contributed by atoms with Gasteiger partial charge in [0.25, 0.3) is 0 Å². The van der Waals surface area contributed by atoms with Crippen LogP contribution in [0, 0.1) is 29.1 Å². The van der Waals surface area contributed by atoms with E-state index in [-0.39, 0.29) is 0 Å². The Morgan fingerprint density at radius 2 is 1.86 bits per heavy atom. The summed E-state index contributed by atoms with van der Waals surface area (Å²) in [5.74, 6) is 3.41. The SMILES string of the molecule is C=C.CC(C)CCCC(C)C1CCC2C(=O)CCCC21C. The largest absolute Gasteiger partial charge is 0.299 e. The van der Waals surface area contributed by atoms with Crippen molar-refractivity contribution in [2.24, 2.45) is 29.1 Å². The molecule has 2 aliphatic carbocycles. The van der Waals surface area contributed by atoms with Gasteiger partial charge in [0.05, 0.1) is 0 Å². The predicted molar refractivity (Wildman–Crippen MR) is 92.3 cm³/mol. The van der Waals surface area contributed by atoms with Crippen LogP contribution in [0.15, 0.2) is 13.2 Å². The van der Waals surface area contributed by atoms with Crippen molar-refractivity contribution >= 4 is 5.78 Å². The van der Waals surface area contributed by atoms with Crippen molar-refractivity contribution in [1.82, 2.24) is 0 Å². The van der Waals surface area contributed by atoms with E-state index in [1.54, 1.807) is 0 Å². The van der Waals surface area contributed by atoms with Crippen molar-refractivity contribution in [3.05, 3.63) is 13.2 Å². The Kier molecular flexibility index (Phi) is 7.16. The number of hydrogen-bond donors (Lipinski definition) is 0. The van der Waals surface area contributed by atoms with E-state index in [0.717, 1.165) is 30.6 Å². The van der Waals surface area contributed by atoms with Gasteiger partial charge >= 0.3 is 0 Å². The van der Waals surface area contributed by atoms with E-state index in [2.05, 4.69) is 40.9 Å². The van der Waals surface area contributed by atoms with Gasteiger partial charge < -0.3 is 0 Å². The first-order chi connectivity index (χ1) is 9.95. The highest BCUT2D eigenvalue weighted by Gasteiger charge is 2.52. The number of carbonyl (C=O) groups excluding carboxylic acids is 1. The van der Waals surface area contributed by atoms with Gasteiger partial charge in [0.15, 0.2) is 0 Å². The lowest BCUT2D eigenvalue weighted by atomic mass is 9.62. The van der Waals surface area contributed by atoms with Crippen LogP contribution in [0.5, 0.6) is 0 Å². The summed E-state index contributed by atoms with van der Waals surface area (Å²) in [5, 5.41) is 0. The lowest BCUT2D eigenvalue weighted by Gasteiger charge is -2.42.